The highest BCUT2D eigenvalue weighted by Crippen LogP contribution is 2.17. The highest BCUT2D eigenvalue weighted by Gasteiger charge is 2.02. The first-order valence-corrected chi connectivity index (χ1v) is 6.91. The van der Waals surface area contributed by atoms with E-state index in [0.29, 0.717) is 0 Å². The monoisotopic (exact) mass is 262 g/mol. The van der Waals surface area contributed by atoms with Crippen LogP contribution in [0.25, 0.3) is 0 Å². The molecule has 1 heterocycles. The van der Waals surface area contributed by atoms with Crippen LogP contribution in [0.5, 0.6) is 5.75 Å². The van der Waals surface area contributed by atoms with Crippen LogP contribution >= 0.6 is 11.3 Å². The molecule has 0 aliphatic carbocycles. The molecule has 0 atom stereocenters. The Hall–Kier alpha value is -1.39. The lowest BCUT2D eigenvalue weighted by molar-refractivity contribution is 0.409. The van der Waals surface area contributed by atoms with E-state index in [9.17, 15) is 0 Å². The van der Waals surface area contributed by atoms with Gasteiger partial charge >= 0.3 is 0 Å². The van der Waals surface area contributed by atoms with Gasteiger partial charge in [0.25, 0.3) is 0 Å². The molecule has 0 spiro atoms. The number of hydrogen-bond acceptors (Lipinski definition) is 4. The van der Waals surface area contributed by atoms with Crippen LogP contribution in [0.1, 0.15) is 16.3 Å². The molecule has 18 heavy (non-hydrogen) atoms. The number of benzene rings is 1. The second-order valence-electron chi connectivity index (χ2n) is 4.12. The maximum atomic E-state index is 5.33. The van der Waals surface area contributed by atoms with Gasteiger partial charge in [0, 0.05) is 17.6 Å². The van der Waals surface area contributed by atoms with Crippen molar-refractivity contribution < 1.29 is 4.74 Å². The third kappa shape index (κ3) is 3.55. The molecule has 0 amide bonds. The van der Waals surface area contributed by atoms with Crippen molar-refractivity contribution in [2.24, 2.45) is 0 Å². The average molecular weight is 262 g/mol. The van der Waals surface area contributed by atoms with E-state index in [0.717, 1.165) is 36.0 Å². The summed E-state index contributed by atoms with van der Waals surface area (Å²) in [6.07, 6.45) is 0.967. The molecule has 0 saturated heterocycles. The first kappa shape index (κ1) is 13.1. The molecule has 4 heteroatoms. The van der Waals surface area contributed by atoms with Gasteiger partial charge in [-0.1, -0.05) is 18.2 Å². The lowest BCUT2D eigenvalue weighted by Crippen LogP contribution is -2.16. The second-order valence-corrected chi connectivity index (χ2v) is 5.06. The SMILES string of the molecule is COc1ccccc1CCNCc1nc(C)cs1. The van der Waals surface area contributed by atoms with Crippen LogP contribution in [-0.2, 0) is 13.0 Å². The van der Waals surface area contributed by atoms with Crippen molar-refractivity contribution >= 4 is 11.3 Å². The number of para-hydroxylation sites is 1. The molecular weight excluding hydrogens is 244 g/mol. The fourth-order valence-electron chi connectivity index (χ4n) is 1.81. The smallest absolute Gasteiger partial charge is 0.122 e. The number of aryl methyl sites for hydroxylation is 1. The zero-order valence-electron chi connectivity index (χ0n) is 10.8. The van der Waals surface area contributed by atoms with Crippen LogP contribution in [0.3, 0.4) is 0 Å². The Balaban J connectivity index is 1.78. The summed E-state index contributed by atoms with van der Waals surface area (Å²) in [6, 6.07) is 8.14. The van der Waals surface area contributed by atoms with E-state index in [4.69, 9.17) is 4.74 Å². The quantitative estimate of drug-likeness (QED) is 0.813. The summed E-state index contributed by atoms with van der Waals surface area (Å²) in [5.41, 5.74) is 2.34. The number of rotatable bonds is 6. The number of hydrogen-bond donors (Lipinski definition) is 1. The standard InChI is InChI=1S/C14H18N2OS/c1-11-10-18-14(16-11)9-15-8-7-12-5-3-4-6-13(12)17-2/h3-6,10,15H,7-9H2,1-2H3. The zero-order chi connectivity index (χ0) is 12.8. The molecule has 0 bridgehead atoms. The van der Waals surface area contributed by atoms with E-state index in [-0.39, 0.29) is 0 Å². The molecule has 1 aromatic carbocycles. The van der Waals surface area contributed by atoms with Crippen molar-refractivity contribution in [2.75, 3.05) is 13.7 Å². The molecule has 96 valence electrons. The third-order valence-electron chi connectivity index (χ3n) is 2.71. The fourth-order valence-corrected chi connectivity index (χ4v) is 2.55. The third-order valence-corrected chi connectivity index (χ3v) is 3.67. The predicted octanol–water partition coefficient (Wildman–Crippen LogP) is 2.79. The van der Waals surface area contributed by atoms with Gasteiger partial charge in [-0.05, 0) is 31.5 Å². The van der Waals surface area contributed by atoms with Crippen molar-refractivity contribution in [2.45, 2.75) is 19.9 Å². The maximum Gasteiger partial charge on any atom is 0.122 e. The second kappa shape index (κ2) is 6.52. The van der Waals surface area contributed by atoms with E-state index < -0.39 is 0 Å². The Kier molecular flexibility index (Phi) is 4.73. The van der Waals surface area contributed by atoms with Crippen molar-refractivity contribution in [3.8, 4) is 5.75 Å². The summed E-state index contributed by atoms with van der Waals surface area (Å²) in [5.74, 6) is 0.962. The summed E-state index contributed by atoms with van der Waals surface area (Å²) in [6.45, 7) is 3.79. The van der Waals surface area contributed by atoms with Crippen LogP contribution in [0.2, 0.25) is 0 Å². The molecule has 3 nitrogen and oxygen atoms in total. The molecule has 1 N–H and O–H groups in total. The summed E-state index contributed by atoms with van der Waals surface area (Å²) in [5, 5.41) is 6.63. The number of nitrogens with one attached hydrogen (secondary N) is 1. The lowest BCUT2D eigenvalue weighted by atomic mass is 10.1. The van der Waals surface area contributed by atoms with Gasteiger partial charge in [0.2, 0.25) is 0 Å². The molecule has 0 fully saturated rings. The van der Waals surface area contributed by atoms with Crippen LogP contribution in [0.4, 0.5) is 0 Å². The highest BCUT2D eigenvalue weighted by atomic mass is 32.1. The average Bonchev–Trinajstić information content (AvgIpc) is 2.81. The minimum Gasteiger partial charge on any atom is -0.496 e. The molecular formula is C14H18N2OS. The van der Waals surface area contributed by atoms with Crippen LogP contribution in [0.15, 0.2) is 29.6 Å². The predicted molar refractivity (Wildman–Crippen MR) is 75.3 cm³/mol. The van der Waals surface area contributed by atoms with Crippen molar-refractivity contribution in [3.63, 3.8) is 0 Å². The van der Waals surface area contributed by atoms with Gasteiger partial charge in [-0.3, -0.25) is 0 Å². The largest absolute Gasteiger partial charge is 0.496 e. The lowest BCUT2D eigenvalue weighted by Gasteiger charge is -2.08. The normalized spacial score (nSPS) is 10.6. The summed E-state index contributed by atoms with van der Waals surface area (Å²) in [4.78, 5) is 4.42. The van der Waals surface area contributed by atoms with Gasteiger partial charge in [-0.2, -0.15) is 0 Å². The Bertz CT molecular complexity index is 496. The van der Waals surface area contributed by atoms with E-state index in [1.54, 1.807) is 18.4 Å². The molecule has 2 aromatic rings. The first-order valence-electron chi connectivity index (χ1n) is 6.03. The van der Waals surface area contributed by atoms with Gasteiger partial charge in [0.1, 0.15) is 10.8 Å². The minimum absolute atomic E-state index is 0.841. The van der Waals surface area contributed by atoms with Crippen LogP contribution in [-0.4, -0.2) is 18.6 Å². The van der Waals surface area contributed by atoms with Crippen LogP contribution in [0, 0.1) is 6.92 Å². The maximum absolute atomic E-state index is 5.33. The molecule has 0 aliphatic rings. The van der Waals surface area contributed by atoms with Gasteiger partial charge in [0.15, 0.2) is 0 Å². The number of aromatic nitrogens is 1. The topological polar surface area (TPSA) is 34.1 Å². The van der Waals surface area contributed by atoms with Crippen molar-refractivity contribution in [3.05, 3.63) is 45.9 Å². The van der Waals surface area contributed by atoms with Gasteiger partial charge < -0.3 is 10.1 Å². The summed E-state index contributed by atoms with van der Waals surface area (Å²) >= 11 is 1.71. The highest BCUT2D eigenvalue weighted by molar-refractivity contribution is 7.09. The van der Waals surface area contributed by atoms with Gasteiger partial charge in [-0.15, -0.1) is 11.3 Å². The Labute approximate surface area is 112 Å². The number of ether oxygens (including phenoxy) is 1. The van der Waals surface area contributed by atoms with E-state index in [1.165, 1.54) is 5.56 Å². The number of methoxy groups -OCH3 is 1. The Morgan fingerprint density at radius 2 is 2.17 bits per heavy atom. The van der Waals surface area contributed by atoms with E-state index >= 15 is 0 Å². The number of thiazole rings is 1. The van der Waals surface area contributed by atoms with Crippen molar-refractivity contribution in [1.82, 2.24) is 10.3 Å². The first-order chi connectivity index (χ1) is 8.79. The minimum atomic E-state index is 0.841. The molecule has 1 aromatic heterocycles. The van der Waals surface area contributed by atoms with Crippen molar-refractivity contribution in [1.29, 1.82) is 0 Å². The fraction of sp³-hybridized carbons (Fsp3) is 0.357. The van der Waals surface area contributed by atoms with E-state index in [1.807, 2.05) is 25.1 Å². The van der Waals surface area contributed by atoms with Crippen LogP contribution < -0.4 is 10.1 Å². The Morgan fingerprint density at radius 1 is 1.33 bits per heavy atom. The zero-order valence-corrected chi connectivity index (χ0v) is 11.6. The molecule has 0 saturated carbocycles. The van der Waals surface area contributed by atoms with Gasteiger partial charge in [0.05, 0.1) is 7.11 Å². The molecule has 0 radical (unpaired) electrons. The van der Waals surface area contributed by atoms with E-state index in [2.05, 4.69) is 21.7 Å². The molecule has 2 rings (SSSR count). The summed E-state index contributed by atoms with van der Waals surface area (Å²) < 4.78 is 5.33. The van der Waals surface area contributed by atoms with Gasteiger partial charge in [-0.25, -0.2) is 4.98 Å². The summed E-state index contributed by atoms with van der Waals surface area (Å²) in [7, 11) is 1.71. The Morgan fingerprint density at radius 3 is 2.89 bits per heavy atom. The molecule has 0 unspecified atom stereocenters. The number of nitrogens with zero attached hydrogens (tertiary/aromatic N) is 1. The molecule has 0 aliphatic heterocycles.